The molecule has 84 valence electrons. The van der Waals surface area contributed by atoms with Crippen LogP contribution in [0.2, 0.25) is 5.04 Å². The molecule has 1 atom stereocenters. The van der Waals surface area contributed by atoms with E-state index >= 15 is 0 Å². The lowest BCUT2D eigenvalue weighted by molar-refractivity contribution is 0.554. The Bertz CT molecular complexity index is 302. The van der Waals surface area contributed by atoms with Gasteiger partial charge in [-0.05, 0) is 18.4 Å². The van der Waals surface area contributed by atoms with E-state index in [1.165, 1.54) is 5.57 Å². The molecule has 0 bridgehead atoms. The van der Waals surface area contributed by atoms with Gasteiger partial charge in [-0.3, -0.25) is 0 Å². The van der Waals surface area contributed by atoms with Crippen molar-refractivity contribution in [1.82, 2.24) is 0 Å². The molecule has 1 aliphatic carbocycles. The molecule has 0 spiro atoms. The highest BCUT2D eigenvalue weighted by atomic mass is 28.2. The van der Waals surface area contributed by atoms with Gasteiger partial charge in [0.1, 0.15) is 0 Å². The van der Waals surface area contributed by atoms with Gasteiger partial charge in [0.05, 0.1) is 9.52 Å². The normalized spacial score (nSPS) is 27.9. The van der Waals surface area contributed by atoms with E-state index in [0.717, 1.165) is 6.42 Å². The molecule has 1 unspecified atom stereocenters. The Morgan fingerprint density at radius 2 is 2.07 bits per heavy atom. The number of rotatable bonds is 2. The van der Waals surface area contributed by atoms with Crippen molar-refractivity contribution in [2.75, 3.05) is 0 Å². The molecule has 0 radical (unpaired) electrons. The van der Waals surface area contributed by atoms with E-state index < -0.39 is 0 Å². The van der Waals surface area contributed by atoms with Gasteiger partial charge in [0.2, 0.25) is 0 Å². The van der Waals surface area contributed by atoms with Crippen LogP contribution in [-0.4, -0.2) is 9.52 Å². The molecular formula is C14H24Si. The van der Waals surface area contributed by atoms with Gasteiger partial charge in [0, 0.05) is 5.41 Å². The van der Waals surface area contributed by atoms with Gasteiger partial charge in [0.15, 0.2) is 0 Å². The van der Waals surface area contributed by atoms with Gasteiger partial charge in [-0.2, -0.15) is 0 Å². The molecule has 0 aromatic carbocycles. The van der Waals surface area contributed by atoms with Crippen LogP contribution in [0.15, 0.2) is 35.6 Å². The Hall–Kier alpha value is -0.563. The third kappa shape index (κ3) is 4.65. The summed E-state index contributed by atoms with van der Waals surface area (Å²) < 4.78 is 0. The molecule has 0 saturated heterocycles. The van der Waals surface area contributed by atoms with Crippen molar-refractivity contribution in [2.45, 2.75) is 46.1 Å². The summed E-state index contributed by atoms with van der Waals surface area (Å²) in [6.45, 7) is 11.5. The zero-order valence-electron chi connectivity index (χ0n) is 10.8. The summed E-state index contributed by atoms with van der Waals surface area (Å²) in [4.78, 5) is 0. The van der Waals surface area contributed by atoms with Crippen molar-refractivity contribution >= 4 is 9.52 Å². The Kier molecular flexibility index (Phi) is 3.77. The summed E-state index contributed by atoms with van der Waals surface area (Å²) in [6, 6.07) is 0. The van der Waals surface area contributed by atoms with Crippen molar-refractivity contribution < 1.29 is 0 Å². The van der Waals surface area contributed by atoms with Crippen LogP contribution in [0.3, 0.4) is 0 Å². The maximum atomic E-state index is 2.47. The smallest absolute Gasteiger partial charge is 0.0504 e. The molecule has 0 saturated carbocycles. The highest BCUT2D eigenvalue weighted by Gasteiger charge is 2.18. The molecule has 0 nitrogen and oxygen atoms in total. The molecule has 0 aromatic heterocycles. The highest BCUT2D eigenvalue weighted by molar-refractivity contribution is 6.45. The summed E-state index contributed by atoms with van der Waals surface area (Å²) in [7, 11) is -0.0806. The first-order chi connectivity index (χ1) is 6.81. The fourth-order valence-corrected chi connectivity index (χ4v) is 3.01. The fraction of sp³-hybridized carbons (Fsp3) is 0.571. The van der Waals surface area contributed by atoms with Crippen molar-refractivity contribution in [3.05, 3.63) is 35.6 Å². The van der Waals surface area contributed by atoms with Crippen LogP contribution in [0.5, 0.6) is 0 Å². The van der Waals surface area contributed by atoms with Gasteiger partial charge < -0.3 is 0 Å². The van der Waals surface area contributed by atoms with E-state index in [1.807, 2.05) is 0 Å². The van der Waals surface area contributed by atoms with Crippen LogP contribution < -0.4 is 0 Å². The molecule has 0 amide bonds. The average molecular weight is 220 g/mol. The molecule has 1 rings (SSSR count). The van der Waals surface area contributed by atoms with Crippen molar-refractivity contribution in [3.63, 3.8) is 0 Å². The second-order valence-electron chi connectivity index (χ2n) is 6.16. The first-order valence-corrected chi connectivity index (χ1v) is 7.37. The molecule has 0 heterocycles. The molecule has 0 aromatic rings. The molecule has 15 heavy (non-hydrogen) atoms. The largest absolute Gasteiger partial charge is 0.104 e. The molecule has 0 fully saturated rings. The molecular weight excluding hydrogens is 196 g/mol. The second kappa shape index (κ2) is 4.52. The van der Waals surface area contributed by atoms with Gasteiger partial charge in [-0.15, -0.1) is 5.70 Å². The van der Waals surface area contributed by atoms with E-state index in [2.05, 4.69) is 64.6 Å². The highest BCUT2D eigenvalue weighted by Crippen LogP contribution is 2.31. The summed E-state index contributed by atoms with van der Waals surface area (Å²) in [5.74, 6) is 0. The number of hydrogen-bond donors (Lipinski definition) is 0. The minimum absolute atomic E-state index is 0.0806. The summed E-state index contributed by atoms with van der Waals surface area (Å²) in [6.07, 6.45) is 10.5. The Morgan fingerprint density at radius 3 is 2.53 bits per heavy atom. The maximum Gasteiger partial charge on any atom is 0.0504 e. The lowest BCUT2D eigenvalue weighted by Gasteiger charge is -2.24. The predicted octanol–water partition coefficient (Wildman–Crippen LogP) is 3.80. The second-order valence-corrected chi connectivity index (χ2v) is 9.16. The van der Waals surface area contributed by atoms with E-state index in [0.29, 0.717) is 5.04 Å². The van der Waals surface area contributed by atoms with Crippen LogP contribution >= 0.6 is 0 Å². The lowest BCUT2D eigenvalue weighted by Crippen LogP contribution is -2.13. The minimum Gasteiger partial charge on any atom is -0.104 e. The third-order valence-electron chi connectivity index (χ3n) is 2.82. The monoisotopic (exact) mass is 220 g/mol. The van der Waals surface area contributed by atoms with E-state index in [4.69, 9.17) is 0 Å². The molecule has 0 aliphatic heterocycles. The summed E-state index contributed by atoms with van der Waals surface area (Å²) >= 11 is 0. The quantitative estimate of drug-likeness (QED) is 0.621. The van der Waals surface area contributed by atoms with Crippen LogP contribution in [0, 0.1) is 5.41 Å². The van der Waals surface area contributed by atoms with Gasteiger partial charge in [-0.1, -0.05) is 57.6 Å². The standard InChI is InChI=1S/C14H24Si/c1-12-6-8-14(5,9-7-12)10-11-15-13(2,3)4/h6-8,10-11H,9,15H2,1-5H3. The van der Waals surface area contributed by atoms with Crippen LogP contribution in [0.1, 0.15) is 41.0 Å². The first-order valence-electron chi connectivity index (χ1n) is 5.84. The maximum absolute atomic E-state index is 2.47. The van der Waals surface area contributed by atoms with E-state index in [9.17, 15) is 0 Å². The zero-order chi connectivity index (χ0) is 11.5. The molecule has 1 aliphatic rings. The van der Waals surface area contributed by atoms with Crippen molar-refractivity contribution in [2.24, 2.45) is 5.41 Å². The van der Waals surface area contributed by atoms with E-state index in [-0.39, 0.29) is 14.9 Å². The summed E-state index contributed by atoms with van der Waals surface area (Å²) in [5.41, 5.74) is 4.14. The predicted molar refractivity (Wildman–Crippen MR) is 73.0 cm³/mol. The topological polar surface area (TPSA) is 0 Å². The van der Waals surface area contributed by atoms with Crippen LogP contribution in [0.4, 0.5) is 0 Å². The fourth-order valence-electron chi connectivity index (χ4n) is 1.64. The first kappa shape index (κ1) is 12.5. The molecule has 1 heteroatoms. The Balaban J connectivity index is 2.56. The third-order valence-corrected chi connectivity index (χ3v) is 4.52. The summed E-state index contributed by atoms with van der Waals surface area (Å²) in [5, 5.41) is 0.539. The van der Waals surface area contributed by atoms with Gasteiger partial charge >= 0.3 is 0 Å². The number of hydrogen-bond acceptors (Lipinski definition) is 0. The zero-order valence-corrected chi connectivity index (χ0v) is 12.2. The van der Waals surface area contributed by atoms with Gasteiger partial charge in [0.25, 0.3) is 0 Å². The lowest BCUT2D eigenvalue weighted by atomic mass is 9.82. The Morgan fingerprint density at radius 1 is 1.40 bits per heavy atom. The van der Waals surface area contributed by atoms with Crippen LogP contribution in [0.25, 0.3) is 0 Å². The SMILES string of the molecule is CC1=CCC(C)(C=C[SiH2]C(C)(C)C)C=C1. The molecule has 0 N–H and O–H groups in total. The average Bonchev–Trinajstić information content (AvgIpc) is 2.09. The Labute approximate surface area is 97.0 Å². The minimum atomic E-state index is -0.0806. The van der Waals surface area contributed by atoms with Gasteiger partial charge in [-0.25, -0.2) is 0 Å². The van der Waals surface area contributed by atoms with E-state index in [1.54, 1.807) is 0 Å². The van der Waals surface area contributed by atoms with Crippen molar-refractivity contribution in [3.8, 4) is 0 Å². The van der Waals surface area contributed by atoms with Crippen molar-refractivity contribution in [1.29, 1.82) is 0 Å². The van der Waals surface area contributed by atoms with Crippen LogP contribution in [-0.2, 0) is 0 Å². The number of allylic oxidation sites excluding steroid dienone is 5.